The van der Waals surface area contributed by atoms with Crippen LogP contribution in [-0.4, -0.2) is 45.3 Å². The maximum absolute atomic E-state index is 5.42. The summed E-state index contributed by atoms with van der Waals surface area (Å²) in [7, 11) is 5.64. The topological polar surface area (TPSA) is 33.7 Å². The van der Waals surface area contributed by atoms with Gasteiger partial charge < -0.3 is 14.8 Å². The van der Waals surface area contributed by atoms with Crippen LogP contribution in [0.1, 0.15) is 30.9 Å². The lowest BCUT2D eigenvalue weighted by Crippen LogP contribution is -2.29. The molecule has 21 heavy (non-hydrogen) atoms. The standard InChI is InChI=1S/C17H26N2O2/c1-19-7-6-12(11-18-14-4-5-14)17(19)13-8-15(20-2)10-16(9-13)21-3/h8-10,12,14,17-18H,4-7,11H2,1-3H3. The minimum absolute atomic E-state index is 0.445. The zero-order valence-corrected chi connectivity index (χ0v) is 13.3. The second kappa shape index (κ2) is 6.24. The van der Waals surface area contributed by atoms with Crippen molar-refractivity contribution in [3.05, 3.63) is 23.8 Å². The summed E-state index contributed by atoms with van der Waals surface area (Å²) in [5.74, 6) is 2.41. The summed E-state index contributed by atoms with van der Waals surface area (Å²) in [6, 6.07) is 7.46. The molecule has 1 heterocycles. The second-order valence-corrected chi connectivity index (χ2v) is 6.30. The smallest absolute Gasteiger partial charge is 0.122 e. The number of methoxy groups -OCH3 is 2. The Bertz CT molecular complexity index is 465. The normalized spacial score (nSPS) is 26.0. The first-order valence-corrected chi connectivity index (χ1v) is 7.88. The number of nitrogens with zero attached hydrogens (tertiary/aromatic N) is 1. The van der Waals surface area contributed by atoms with Crippen molar-refractivity contribution in [1.29, 1.82) is 0 Å². The molecule has 1 aliphatic carbocycles. The lowest BCUT2D eigenvalue weighted by molar-refractivity contribution is 0.270. The van der Waals surface area contributed by atoms with Gasteiger partial charge in [-0.3, -0.25) is 4.90 Å². The Hall–Kier alpha value is -1.26. The van der Waals surface area contributed by atoms with Crippen LogP contribution < -0.4 is 14.8 Å². The van der Waals surface area contributed by atoms with Gasteiger partial charge in [0.1, 0.15) is 11.5 Å². The molecule has 0 amide bonds. The van der Waals surface area contributed by atoms with Crippen LogP contribution in [0.25, 0.3) is 0 Å². The number of likely N-dealkylation sites (tertiary alicyclic amines) is 1. The first kappa shape index (κ1) is 14.7. The Balaban J connectivity index is 1.80. The van der Waals surface area contributed by atoms with Crippen molar-refractivity contribution in [2.75, 3.05) is 34.4 Å². The van der Waals surface area contributed by atoms with Crippen LogP contribution in [-0.2, 0) is 0 Å². The van der Waals surface area contributed by atoms with Gasteiger partial charge in [0.15, 0.2) is 0 Å². The number of benzene rings is 1. The molecule has 1 N–H and O–H groups in total. The third kappa shape index (κ3) is 3.33. The lowest BCUT2D eigenvalue weighted by atomic mass is 9.93. The molecule has 0 spiro atoms. The molecule has 4 nitrogen and oxygen atoms in total. The van der Waals surface area contributed by atoms with Gasteiger partial charge in [-0.2, -0.15) is 0 Å². The minimum Gasteiger partial charge on any atom is -0.497 e. The van der Waals surface area contributed by atoms with Gasteiger partial charge >= 0.3 is 0 Å². The summed E-state index contributed by atoms with van der Waals surface area (Å²) in [5, 5.41) is 3.69. The van der Waals surface area contributed by atoms with E-state index in [0.29, 0.717) is 12.0 Å². The molecule has 1 aromatic carbocycles. The van der Waals surface area contributed by atoms with E-state index in [4.69, 9.17) is 9.47 Å². The number of rotatable bonds is 6. The predicted octanol–water partition coefficient (Wildman–Crippen LogP) is 2.45. The average molecular weight is 290 g/mol. The van der Waals surface area contributed by atoms with Crippen LogP contribution in [0.2, 0.25) is 0 Å². The van der Waals surface area contributed by atoms with Crippen molar-refractivity contribution < 1.29 is 9.47 Å². The monoisotopic (exact) mass is 290 g/mol. The quantitative estimate of drug-likeness (QED) is 0.872. The van der Waals surface area contributed by atoms with Crippen LogP contribution in [0.4, 0.5) is 0 Å². The molecule has 1 saturated heterocycles. The largest absolute Gasteiger partial charge is 0.497 e. The van der Waals surface area contributed by atoms with E-state index in [2.05, 4.69) is 29.4 Å². The third-order valence-electron chi connectivity index (χ3n) is 4.74. The fraction of sp³-hybridized carbons (Fsp3) is 0.647. The first-order chi connectivity index (χ1) is 10.2. The highest BCUT2D eigenvalue weighted by atomic mass is 16.5. The Morgan fingerprint density at radius 1 is 1.10 bits per heavy atom. The lowest BCUT2D eigenvalue weighted by Gasteiger charge is -2.26. The number of ether oxygens (including phenoxy) is 2. The summed E-state index contributed by atoms with van der Waals surface area (Å²) in [6.07, 6.45) is 3.95. The molecule has 1 aliphatic heterocycles. The SMILES string of the molecule is COc1cc(OC)cc(C2C(CNC3CC3)CCN2C)c1. The van der Waals surface area contributed by atoms with Gasteiger partial charge in [-0.15, -0.1) is 0 Å². The molecule has 1 aromatic rings. The van der Waals surface area contributed by atoms with Gasteiger partial charge in [0.25, 0.3) is 0 Å². The van der Waals surface area contributed by atoms with Crippen LogP contribution in [0, 0.1) is 5.92 Å². The highest BCUT2D eigenvalue weighted by Crippen LogP contribution is 2.39. The van der Waals surface area contributed by atoms with E-state index in [-0.39, 0.29) is 0 Å². The van der Waals surface area contributed by atoms with Crippen molar-refractivity contribution >= 4 is 0 Å². The molecule has 4 heteroatoms. The van der Waals surface area contributed by atoms with Crippen LogP contribution in [0.3, 0.4) is 0 Å². The minimum atomic E-state index is 0.445. The Labute approximate surface area is 127 Å². The Morgan fingerprint density at radius 2 is 1.76 bits per heavy atom. The molecule has 3 rings (SSSR count). The van der Waals surface area contributed by atoms with E-state index >= 15 is 0 Å². The van der Waals surface area contributed by atoms with E-state index in [1.807, 2.05) is 6.07 Å². The van der Waals surface area contributed by atoms with Crippen LogP contribution in [0.5, 0.6) is 11.5 Å². The molecule has 0 radical (unpaired) electrons. The summed E-state index contributed by atoms with van der Waals surface area (Å²) in [5.41, 5.74) is 1.30. The molecule has 2 atom stereocenters. The van der Waals surface area contributed by atoms with Gasteiger partial charge in [-0.1, -0.05) is 0 Å². The highest BCUT2D eigenvalue weighted by molar-refractivity contribution is 5.40. The summed E-state index contributed by atoms with van der Waals surface area (Å²) in [4.78, 5) is 2.45. The van der Waals surface area contributed by atoms with Crippen molar-refractivity contribution in [2.24, 2.45) is 5.92 Å². The molecule has 0 bridgehead atoms. The maximum Gasteiger partial charge on any atom is 0.122 e. The summed E-state index contributed by atoms with van der Waals surface area (Å²) >= 11 is 0. The van der Waals surface area contributed by atoms with Crippen molar-refractivity contribution in [1.82, 2.24) is 10.2 Å². The van der Waals surface area contributed by atoms with Crippen molar-refractivity contribution in [3.63, 3.8) is 0 Å². The van der Waals surface area contributed by atoms with E-state index in [9.17, 15) is 0 Å². The fourth-order valence-electron chi connectivity index (χ4n) is 3.37. The van der Waals surface area contributed by atoms with Gasteiger partial charge in [-0.05, 0) is 56.5 Å². The number of hydrogen-bond donors (Lipinski definition) is 1. The Morgan fingerprint density at radius 3 is 2.33 bits per heavy atom. The molecule has 2 unspecified atom stereocenters. The van der Waals surface area contributed by atoms with Gasteiger partial charge in [-0.25, -0.2) is 0 Å². The number of nitrogens with one attached hydrogen (secondary N) is 1. The van der Waals surface area contributed by atoms with Crippen LogP contribution in [0.15, 0.2) is 18.2 Å². The molecule has 116 valence electrons. The average Bonchev–Trinajstić information content (AvgIpc) is 3.27. The zero-order chi connectivity index (χ0) is 14.8. The first-order valence-electron chi connectivity index (χ1n) is 7.88. The third-order valence-corrected chi connectivity index (χ3v) is 4.74. The van der Waals surface area contributed by atoms with Gasteiger partial charge in [0.2, 0.25) is 0 Å². The van der Waals surface area contributed by atoms with E-state index < -0.39 is 0 Å². The molecule has 1 saturated carbocycles. The molecule has 2 fully saturated rings. The molecular weight excluding hydrogens is 264 g/mol. The maximum atomic E-state index is 5.42. The van der Waals surface area contributed by atoms with Gasteiger partial charge in [0.05, 0.1) is 14.2 Å². The summed E-state index contributed by atoms with van der Waals surface area (Å²) in [6.45, 7) is 2.26. The van der Waals surface area contributed by atoms with Crippen LogP contribution >= 0.6 is 0 Å². The molecular formula is C17H26N2O2. The number of hydrogen-bond acceptors (Lipinski definition) is 4. The Kier molecular flexibility index (Phi) is 4.36. The molecule has 2 aliphatic rings. The van der Waals surface area contributed by atoms with Crippen molar-refractivity contribution in [2.45, 2.75) is 31.3 Å². The van der Waals surface area contributed by atoms with E-state index in [1.165, 1.54) is 24.8 Å². The van der Waals surface area contributed by atoms with Crippen molar-refractivity contribution in [3.8, 4) is 11.5 Å². The predicted molar refractivity (Wildman–Crippen MR) is 84.0 cm³/mol. The fourth-order valence-corrected chi connectivity index (χ4v) is 3.37. The highest BCUT2D eigenvalue weighted by Gasteiger charge is 2.34. The van der Waals surface area contributed by atoms with E-state index in [0.717, 1.165) is 30.6 Å². The summed E-state index contributed by atoms with van der Waals surface area (Å²) < 4.78 is 10.8. The van der Waals surface area contributed by atoms with E-state index in [1.54, 1.807) is 14.2 Å². The van der Waals surface area contributed by atoms with Gasteiger partial charge in [0, 0.05) is 24.7 Å². The molecule has 0 aromatic heterocycles. The second-order valence-electron chi connectivity index (χ2n) is 6.30. The zero-order valence-electron chi connectivity index (χ0n) is 13.3.